The van der Waals surface area contributed by atoms with Crippen LogP contribution in [0.2, 0.25) is 0 Å². The maximum absolute atomic E-state index is 9.11. The van der Waals surface area contributed by atoms with E-state index < -0.39 is 0 Å². The van der Waals surface area contributed by atoms with Gasteiger partial charge in [0.15, 0.2) is 11.5 Å². The summed E-state index contributed by atoms with van der Waals surface area (Å²) in [6.45, 7) is 2.40. The third-order valence-corrected chi connectivity index (χ3v) is 3.34. The summed E-state index contributed by atoms with van der Waals surface area (Å²) in [4.78, 5) is 5.23. The molecule has 0 bridgehead atoms. The van der Waals surface area contributed by atoms with Gasteiger partial charge in [-0.05, 0) is 24.6 Å². The molecule has 2 rings (SSSR count). The Morgan fingerprint density at radius 1 is 1.33 bits per heavy atom. The standard InChI is InChI=1S/C13H15NO3S/c1-9-14-6-11(18-9)8-17-13-5-10(7-15)3-4-12(13)16-2/h3-6,15H,7-8H2,1-2H3. The van der Waals surface area contributed by atoms with Crippen LogP contribution in [0.4, 0.5) is 0 Å². The van der Waals surface area contributed by atoms with E-state index in [1.54, 1.807) is 30.6 Å². The van der Waals surface area contributed by atoms with Gasteiger partial charge in [0.2, 0.25) is 0 Å². The summed E-state index contributed by atoms with van der Waals surface area (Å²) in [5.41, 5.74) is 0.797. The first-order chi connectivity index (χ1) is 8.72. The number of aliphatic hydroxyl groups is 1. The number of hydrogen-bond acceptors (Lipinski definition) is 5. The minimum Gasteiger partial charge on any atom is -0.493 e. The van der Waals surface area contributed by atoms with E-state index in [-0.39, 0.29) is 6.61 Å². The molecule has 0 spiro atoms. The third-order valence-electron chi connectivity index (χ3n) is 2.45. The number of benzene rings is 1. The predicted molar refractivity (Wildman–Crippen MR) is 70.1 cm³/mol. The first kappa shape index (κ1) is 12.9. The number of aromatic nitrogens is 1. The molecule has 96 valence electrons. The first-order valence-corrected chi connectivity index (χ1v) is 6.36. The van der Waals surface area contributed by atoms with Crippen LogP contribution in [-0.4, -0.2) is 17.2 Å². The number of aryl methyl sites for hydroxylation is 1. The summed E-state index contributed by atoms with van der Waals surface area (Å²) in [5, 5.41) is 10.1. The zero-order valence-corrected chi connectivity index (χ0v) is 11.2. The SMILES string of the molecule is COc1ccc(CO)cc1OCc1cnc(C)s1. The van der Waals surface area contributed by atoms with Crippen LogP contribution in [0, 0.1) is 6.92 Å². The zero-order valence-electron chi connectivity index (χ0n) is 10.3. The van der Waals surface area contributed by atoms with Crippen molar-refractivity contribution in [3.8, 4) is 11.5 Å². The fraction of sp³-hybridized carbons (Fsp3) is 0.308. The lowest BCUT2D eigenvalue weighted by molar-refractivity contribution is 0.273. The maximum atomic E-state index is 9.11. The lowest BCUT2D eigenvalue weighted by Crippen LogP contribution is -1.97. The molecule has 0 atom stereocenters. The molecule has 0 saturated carbocycles. The van der Waals surface area contributed by atoms with Gasteiger partial charge in [-0.1, -0.05) is 6.07 Å². The maximum Gasteiger partial charge on any atom is 0.162 e. The fourth-order valence-corrected chi connectivity index (χ4v) is 2.26. The quantitative estimate of drug-likeness (QED) is 0.902. The highest BCUT2D eigenvalue weighted by molar-refractivity contribution is 7.11. The Balaban J connectivity index is 2.11. The highest BCUT2D eigenvalue weighted by Crippen LogP contribution is 2.29. The molecule has 2 aromatic rings. The summed E-state index contributed by atoms with van der Waals surface area (Å²) in [6, 6.07) is 5.38. The second kappa shape index (κ2) is 5.84. The Bertz CT molecular complexity index is 525. The van der Waals surface area contributed by atoms with Crippen LogP contribution in [0.3, 0.4) is 0 Å². The van der Waals surface area contributed by atoms with Crippen molar-refractivity contribution in [1.82, 2.24) is 4.98 Å². The van der Waals surface area contributed by atoms with Crippen molar-refractivity contribution in [2.75, 3.05) is 7.11 Å². The molecule has 5 heteroatoms. The number of ether oxygens (including phenoxy) is 2. The van der Waals surface area contributed by atoms with E-state index in [2.05, 4.69) is 4.98 Å². The van der Waals surface area contributed by atoms with E-state index in [4.69, 9.17) is 14.6 Å². The normalized spacial score (nSPS) is 10.4. The topological polar surface area (TPSA) is 51.6 Å². The van der Waals surface area contributed by atoms with Gasteiger partial charge in [0.05, 0.1) is 23.6 Å². The van der Waals surface area contributed by atoms with Crippen LogP contribution in [0.25, 0.3) is 0 Å². The Morgan fingerprint density at radius 3 is 2.78 bits per heavy atom. The second-order valence-corrected chi connectivity index (χ2v) is 5.10. The van der Waals surface area contributed by atoms with Gasteiger partial charge in [-0.25, -0.2) is 4.98 Å². The van der Waals surface area contributed by atoms with Gasteiger partial charge in [-0.3, -0.25) is 0 Å². The van der Waals surface area contributed by atoms with Crippen molar-refractivity contribution in [3.05, 3.63) is 39.8 Å². The van der Waals surface area contributed by atoms with Crippen LogP contribution in [0.1, 0.15) is 15.4 Å². The Labute approximate surface area is 110 Å². The summed E-state index contributed by atoms with van der Waals surface area (Å²) >= 11 is 1.60. The highest BCUT2D eigenvalue weighted by Gasteiger charge is 2.07. The van der Waals surface area contributed by atoms with Crippen LogP contribution < -0.4 is 9.47 Å². The lowest BCUT2D eigenvalue weighted by atomic mass is 10.2. The van der Waals surface area contributed by atoms with E-state index in [9.17, 15) is 0 Å². The highest BCUT2D eigenvalue weighted by atomic mass is 32.1. The molecule has 0 aliphatic heterocycles. The predicted octanol–water partition coefficient (Wildman–Crippen LogP) is 2.53. The summed E-state index contributed by atoms with van der Waals surface area (Å²) in [7, 11) is 1.59. The van der Waals surface area contributed by atoms with E-state index in [0.29, 0.717) is 18.1 Å². The lowest BCUT2D eigenvalue weighted by Gasteiger charge is -2.10. The van der Waals surface area contributed by atoms with Gasteiger partial charge in [0, 0.05) is 6.20 Å². The second-order valence-electron chi connectivity index (χ2n) is 3.78. The van der Waals surface area contributed by atoms with Crippen molar-refractivity contribution in [2.45, 2.75) is 20.1 Å². The monoisotopic (exact) mass is 265 g/mol. The van der Waals surface area contributed by atoms with E-state index >= 15 is 0 Å². The number of methoxy groups -OCH3 is 1. The molecule has 0 aliphatic carbocycles. The molecule has 0 radical (unpaired) electrons. The molecule has 1 aromatic heterocycles. The first-order valence-electron chi connectivity index (χ1n) is 5.55. The van der Waals surface area contributed by atoms with Gasteiger partial charge in [0.25, 0.3) is 0 Å². The minimum atomic E-state index is -0.0139. The number of nitrogens with zero attached hydrogens (tertiary/aromatic N) is 1. The molecule has 1 heterocycles. The van der Waals surface area contributed by atoms with Gasteiger partial charge in [-0.15, -0.1) is 11.3 Å². The molecular formula is C13H15NO3S. The van der Waals surface area contributed by atoms with Crippen molar-refractivity contribution in [1.29, 1.82) is 0 Å². The zero-order chi connectivity index (χ0) is 13.0. The Kier molecular flexibility index (Phi) is 4.17. The van der Waals surface area contributed by atoms with Crippen LogP contribution in [0.5, 0.6) is 11.5 Å². The number of aliphatic hydroxyl groups excluding tert-OH is 1. The fourth-order valence-electron chi connectivity index (χ4n) is 1.55. The van der Waals surface area contributed by atoms with Gasteiger partial charge in [-0.2, -0.15) is 0 Å². The van der Waals surface area contributed by atoms with E-state index in [1.807, 2.05) is 19.2 Å². The third kappa shape index (κ3) is 3.00. The molecule has 0 amide bonds. The molecule has 0 saturated heterocycles. The van der Waals surface area contributed by atoms with Crippen molar-refractivity contribution in [2.24, 2.45) is 0 Å². The summed E-state index contributed by atoms with van der Waals surface area (Å²) in [5.74, 6) is 1.29. The molecule has 18 heavy (non-hydrogen) atoms. The Morgan fingerprint density at radius 2 is 2.17 bits per heavy atom. The van der Waals surface area contributed by atoms with Crippen LogP contribution in [0.15, 0.2) is 24.4 Å². The molecule has 1 N–H and O–H groups in total. The number of thiazole rings is 1. The summed E-state index contributed by atoms with van der Waals surface area (Å²) in [6.07, 6.45) is 1.81. The molecule has 0 fully saturated rings. The minimum absolute atomic E-state index is 0.0139. The molecule has 0 unspecified atom stereocenters. The van der Waals surface area contributed by atoms with Crippen molar-refractivity contribution < 1.29 is 14.6 Å². The summed E-state index contributed by atoms with van der Waals surface area (Å²) < 4.78 is 10.9. The van der Waals surface area contributed by atoms with E-state index in [0.717, 1.165) is 15.4 Å². The number of rotatable bonds is 5. The van der Waals surface area contributed by atoms with Crippen molar-refractivity contribution in [3.63, 3.8) is 0 Å². The smallest absolute Gasteiger partial charge is 0.162 e. The number of hydrogen-bond donors (Lipinski definition) is 1. The molecule has 0 aliphatic rings. The van der Waals surface area contributed by atoms with Gasteiger partial charge >= 0.3 is 0 Å². The average Bonchev–Trinajstić information content (AvgIpc) is 2.81. The van der Waals surface area contributed by atoms with Gasteiger partial charge < -0.3 is 14.6 Å². The molecular weight excluding hydrogens is 250 g/mol. The van der Waals surface area contributed by atoms with E-state index in [1.165, 1.54) is 0 Å². The van der Waals surface area contributed by atoms with Gasteiger partial charge in [0.1, 0.15) is 6.61 Å². The Hall–Kier alpha value is -1.59. The van der Waals surface area contributed by atoms with Crippen molar-refractivity contribution >= 4 is 11.3 Å². The molecule has 4 nitrogen and oxygen atoms in total. The van der Waals surface area contributed by atoms with Crippen LogP contribution >= 0.6 is 11.3 Å². The molecule has 1 aromatic carbocycles. The average molecular weight is 265 g/mol. The largest absolute Gasteiger partial charge is 0.493 e. The van der Waals surface area contributed by atoms with Crippen LogP contribution in [-0.2, 0) is 13.2 Å².